The number of aromatic amines is 1. The van der Waals surface area contributed by atoms with Crippen molar-refractivity contribution in [3.05, 3.63) is 108 Å². The minimum Gasteiger partial charge on any atom is -0.357 e. The largest absolute Gasteiger partial charge is 0.357 e. The number of imidazole rings is 1. The maximum atomic E-state index is 4.85. The molecule has 34 heavy (non-hydrogen) atoms. The summed E-state index contributed by atoms with van der Waals surface area (Å²) in [4.78, 5) is 13.2. The Hall–Kier alpha value is -4.18. The van der Waals surface area contributed by atoms with E-state index in [4.69, 9.17) is 9.97 Å². The van der Waals surface area contributed by atoms with Crippen molar-refractivity contribution >= 4 is 10.9 Å². The lowest BCUT2D eigenvalue weighted by Crippen LogP contribution is -2.07. The van der Waals surface area contributed by atoms with Gasteiger partial charge in [-0.25, -0.2) is 9.97 Å². The van der Waals surface area contributed by atoms with Crippen LogP contribution in [0.2, 0.25) is 0 Å². The summed E-state index contributed by atoms with van der Waals surface area (Å²) in [6.07, 6.45) is 4.17. The molecule has 2 aliphatic rings. The van der Waals surface area contributed by atoms with E-state index in [1.54, 1.807) is 0 Å². The van der Waals surface area contributed by atoms with E-state index in [-0.39, 0.29) is 6.04 Å². The van der Waals surface area contributed by atoms with Crippen LogP contribution in [0.3, 0.4) is 0 Å². The topological polar surface area (TPSA) is 46.5 Å². The van der Waals surface area contributed by atoms with Crippen LogP contribution in [0.1, 0.15) is 29.8 Å². The first-order chi connectivity index (χ1) is 16.5. The first kappa shape index (κ1) is 20.4. The molecule has 0 amide bonds. The zero-order valence-electron chi connectivity index (χ0n) is 19.6. The summed E-state index contributed by atoms with van der Waals surface area (Å²) in [6.45, 7) is 6.49. The van der Waals surface area contributed by atoms with Gasteiger partial charge < -0.3 is 9.55 Å². The third-order valence-corrected chi connectivity index (χ3v) is 6.82. The summed E-state index contributed by atoms with van der Waals surface area (Å²) < 4.78 is 2.19. The summed E-state index contributed by atoms with van der Waals surface area (Å²) in [5.41, 5.74) is 10.2. The molecule has 4 nitrogen and oxygen atoms in total. The fourth-order valence-corrected chi connectivity index (χ4v) is 4.51. The monoisotopic (exact) mass is 442 g/mol. The van der Waals surface area contributed by atoms with Crippen LogP contribution in [0.15, 0.2) is 91.3 Å². The lowest BCUT2D eigenvalue weighted by molar-refractivity contribution is 0.621. The van der Waals surface area contributed by atoms with Crippen LogP contribution in [0.4, 0.5) is 0 Å². The Kier molecular flexibility index (Phi) is 4.80. The molecule has 0 spiro atoms. The van der Waals surface area contributed by atoms with Gasteiger partial charge in [0.2, 0.25) is 0 Å². The maximum absolute atomic E-state index is 4.85. The molecule has 6 rings (SSSR count). The molecule has 0 saturated heterocycles. The van der Waals surface area contributed by atoms with E-state index < -0.39 is 0 Å². The molecule has 0 fully saturated rings. The molecule has 3 aromatic carbocycles. The van der Waals surface area contributed by atoms with Gasteiger partial charge in [0.1, 0.15) is 5.69 Å². The van der Waals surface area contributed by atoms with Gasteiger partial charge in [-0.2, -0.15) is 0 Å². The number of aromatic nitrogens is 4. The molecule has 1 aromatic heterocycles. The highest BCUT2D eigenvalue weighted by atomic mass is 15.0. The lowest BCUT2D eigenvalue weighted by atomic mass is 9.99. The van der Waals surface area contributed by atoms with E-state index in [9.17, 15) is 0 Å². The molecule has 1 N–H and O–H groups in total. The molecule has 0 saturated carbocycles. The number of rotatable bonds is 4. The Balaban J connectivity index is 1.29. The van der Waals surface area contributed by atoms with Crippen LogP contribution in [0.25, 0.3) is 44.8 Å². The van der Waals surface area contributed by atoms with Gasteiger partial charge >= 0.3 is 0 Å². The van der Waals surface area contributed by atoms with Gasteiger partial charge in [0.05, 0.1) is 11.7 Å². The smallest absolute Gasteiger partial charge is 0.160 e. The number of para-hydroxylation sites is 1. The number of aryl methyl sites for hydroxylation is 2. The standard InChI is InChI=1S/C30H26N4/c1-19-8-9-24(16-20(19)2)22-10-12-23(13-11-22)30-32-27-14-15-34(18-29(27)33-30)21(3)28-17-25-6-4-5-7-26(25)31-28/h4-18,21,31H,1-3H3. The summed E-state index contributed by atoms with van der Waals surface area (Å²) >= 11 is 0. The first-order valence-electron chi connectivity index (χ1n) is 11.7. The quantitative estimate of drug-likeness (QED) is 0.309. The van der Waals surface area contributed by atoms with Gasteiger partial charge in [0, 0.05) is 29.2 Å². The number of fused-ring (bicyclic) bond motifs is 2. The number of pyridine rings is 1. The highest BCUT2D eigenvalue weighted by Crippen LogP contribution is 2.30. The number of H-pyrrole nitrogens is 1. The second-order valence-corrected chi connectivity index (χ2v) is 9.07. The average Bonchev–Trinajstić information content (AvgIpc) is 3.49. The number of hydrogen-bond donors (Lipinski definition) is 1. The van der Waals surface area contributed by atoms with Crippen LogP contribution >= 0.6 is 0 Å². The SMILES string of the molecule is Cc1ccc(-c2ccc(-c3nc4ccn(C(C)c5cc6ccccc6[nH]5)cc-4n3)cc2)cc1C. The summed E-state index contributed by atoms with van der Waals surface area (Å²) in [5.74, 6) is 0.762. The number of hydrogen-bond acceptors (Lipinski definition) is 2. The molecule has 166 valence electrons. The van der Waals surface area contributed by atoms with Gasteiger partial charge in [0.15, 0.2) is 5.82 Å². The molecule has 0 aliphatic carbocycles. The Bertz CT molecular complexity index is 1550. The Morgan fingerprint density at radius 1 is 0.735 bits per heavy atom. The van der Waals surface area contributed by atoms with E-state index in [1.807, 2.05) is 0 Å². The van der Waals surface area contributed by atoms with E-state index in [0.717, 1.165) is 28.3 Å². The van der Waals surface area contributed by atoms with Crippen molar-refractivity contribution in [1.29, 1.82) is 0 Å². The fraction of sp³-hybridized carbons (Fsp3) is 0.133. The van der Waals surface area contributed by atoms with Crippen molar-refractivity contribution < 1.29 is 0 Å². The Morgan fingerprint density at radius 3 is 2.26 bits per heavy atom. The predicted octanol–water partition coefficient (Wildman–Crippen LogP) is 7.42. The van der Waals surface area contributed by atoms with Crippen molar-refractivity contribution in [3.63, 3.8) is 0 Å². The Morgan fingerprint density at radius 2 is 1.47 bits per heavy atom. The predicted molar refractivity (Wildman–Crippen MR) is 139 cm³/mol. The van der Waals surface area contributed by atoms with Crippen molar-refractivity contribution in [1.82, 2.24) is 19.5 Å². The second kappa shape index (κ2) is 7.99. The average molecular weight is 443 g/mol. The zero-order valence-corrected chi connectivity index (χ0v) is 19.6. The van der Waals surface area contributed by atoms with E-state index in [0.29, 0.717) is 0 Å². The number of benzene rings is 3. The van der Waals surface area contributed by atoms with Crippen molar-refractivity contribution in [2.75, 3.05) is 0 Å². The van der Waals surface area contributed by atoms with Crippen molar-refractivity contribution in [3.8, 4) is 33.9 Å². The van der Waals surface area contributed by atoms with Gasteiger partial charge in [-0.3, -0.25) is 0 Å². The van der Waals surface area contributed by atoms with Gasteiger partial charge in [-0.05, 0) is 66.6 Å². The molecular weight excluding hydrogens is 416 g/mol. The minimum absolute atomic E-state index is 0.161. The molecule has 2 aliphatic heterocycles. The highest BCUT2D eigenvalue weighted by molar-refractivity contribution is 5.80. The maximum Gasteiger partial charge on any atom is 0.160 e. The van der Waals surface area contributed by atoms with Crippen molar-refractivity contribution in [2.45, 2.75) is 26.8 Å². The highest BCUT2D eigenvalue weighted by Gasteiger charge is 2.16. The molecule has 1 unspecified atom stereocenters. The molecule has 4 aromatic rings. The van der Waals surface area contributed by atoms with Crippen LogP contribution < -0.4 is 0 Å². The second-order valence-electron chi connectivity index (χ2n) is 9.07. The Labute approximate surface area is 199 Å². The van der Waals surface area contributed by atoms with Gasteiger partial charge in [-0.1, -0.05) is 60.7 Å². The molecule has 0 radical (unpaired) electrons. The molecule has 1 atom stereocenters. The number of nitrogens with one attached hydrogen (secondary N) is 1. The van der Waals surface area contributed by atoms with Crippen LogP contribution in [-0.2, 0) is 0 Å². The minimum atomic E-state index is 0.161. The normalized spacial score (nSPS) is 12.4. The number of nitrogens with zero attached hydrogens (tertiary/aromatic N) is 3. The zero-order chi connectivity index (χ0) is 23.2. The summed E-state index contributed by atoms with van der Waals surface area (Å²) in [7, 11) is 0. The molecule has 0 bridgehead atoms. The van der Waals surface area contributed by atoms with Crippen LogP contribution in [0, 0.1) is 13.8 Å². The molecule has 3 heterocycles. The summed E-state index contributed by atoms with van der Waals surface area (Å²) in [5, 5.41) is 1.23. The van der Waals surface area contributed by atoms with E-state index in [2.05, 4.69) is 122 Å². The van der Waals surface area contributed by atoms with Crippen LogP contribution in [0.5, 0.6) is 0 Å². The first-order valence-corrected chi connectivity index (χ1v) is 11.7. The van der Waals surface area contributed by atoms with E-state index in [1.165, 1.54) is 33.3 Å². The third kappa shape index (κ3) is 3.57. The van der Waals surface area contributed by atoms with Crippen LogP contribution in [-0.4, -0.2) is 19.5 Å². The van der Waals surface area contributed by atoms with E-state index >= 15 is 0 Å². The van der Waals surface area contributed by atoms with Gasteiger partial charge in [-0.15, -0.1) is 0 Å². The molecular formula is C30H26N4. The lowest BCUT2D eigenvalue weighted by Gasteiger charge is -2.15. The van der Waals surface area contributed by atoms with Gasteiger partial charge in [0.25, 0.3) is 0 Å². The van der Waals surface area contributed by atoms with Crippen molar-refractivity contribution in [2.24, 2.45) is 0 Å². The molecule has 4 heteroatoms. The summed E-state index contributed by atoms with van der Waals surface area (Å²) in [6, 6.07) is 27.9. The fourth-order valence-electron chi connectivity index (χ4n) is 4.51. The third-order valence-electron chi connectivity index (χ3n) is 6.82.